The number of hydrogen-bond acceptors (Lipinski definition) is 2. The van der Waals surface area contributed by atoms with Crippen LogP contribution < -0.4 is 10.6 Å². The Labute approximate surface area is 141 Å². The molecule has 0 bridgehead atoms. The summed E-state index contributed by atoms with van der Waals surface area (Å²) < 4.78 is 0.935. The smallest absolute Gasteiger partial charge is 0.252 e. The molecule has 21 heavy (non-hydrogen) atoms. The molecule has 110 valence electrons. The maximum absolute atomic E-state index is 11.7. The van der Waals surface area contributed by atoms with E-state index in [1.807, 2.05) is 24.3 Å². The molecule has 0 aliphatic carbocycles. The maximum Gasteiger partial charge on any atom is 0.252 e. The second-order valence-corrected chi connectivity index (χ2v) is 6.09. The lowest BCUT2D eigenvalue weighted by Gasteiger charge is -2.10. The first-order valence-corrected chi connectivity index (χ1v) is 7.75. The third-order valence-corrected chi connectivity index (χ3v) is 4.11. The van der Waals surface area contributed by atoms with Gasteiger partial charge in [-0.15, -0.1) is 0 Å². The van der Waals surface area contributed by atoms with Crippen LogP contribution in [0.4, 0.5) is 5.69 Å². The van der Waals surface area contributed by atoms with Crippen LogP contribution >= 0.6 is 39.1 Å². The van der Waals surface area contributed by atoms with Gasteiger partial charge in [0, 0.05) is 28.8 Å². The number of carbonyl (C=O) groups is 1. The number of amides is 1. The number of nitrogens with one attached hydrogen (secondary N) is 2. The van der Waals surface area contributed by atoms with Crippen LogP contribution in [0.1, 0.15) is 15.9 Å². The van der Waals surface area contributed by atoms with Crippen LogP contribution in [0.25, 0.3) is 0 Å². The normalized spacial score (nSPS) is 10.3. The fraction of sp³-hybridized carbons (Fsp3) is 0.133. The Bertz CT molecular complexity index is 677. The predicted molar refractivity (Wildman–Crippen MR) is 91.3 cm³/mol. The van der Waals surface area contributed by atoms with Crippen molar-refractivity contribution < 1.29 is 4.79 Å². The van der Waals surface area contributed by atoms with Gasteiger partial charge in [0.15, 0.2) is 0 Å². The van der Waals surface area contributed by atoms with Crippen LogP contribution in [-0.2, 0) is 6.54 Å². The fourth-order valence-electron chi connectivity index (χ4n) is 1.81. The van der Waals surface area contributed by atoms with Gasteiger partial charge >= 0.3 is 0 Å². The molecule has 0 saturated carbocycles. The first-order chi connectivity index (χ1) is 10.0. The summed E-state index contributed by atoms with van der Waals surface area (Å²) in [7, 11) is 1.57. The van der Waals surface area contributed by atoms with E-state index in [0.717, 1.165) is 15.7 Å². The molecule has 0 aliphatic rings. The van der Waals surface area contributed by atoms with Crippen molar-refractivity contribution in [3.8, 4) is 0 Å². The van der Waals surface area contributed by atoms with Crippen LogP contribution in [0.15, 0.2) is 40.9 Å². The number of anilines is 1. The van der Waals surface area contributed by atoms with Crippen molar-refractivity contribution in [2.24, 2.45) is 0 Å². The van der Waals surface area contributed by atoms with Crippen molar-refractivity contribution in [1.82, 2.24) is 5.32 Å². The maximum atomic E-state index is 11.7. The molecule has 2 rings (SSSR count). The van der Waals surface area contributed by atoms with Gasteiger partial charge in [0.25, 0.3) is 5.91 Å². The molecule has 3 nitrogen and oxygen atoms in total. The van der Waals surface area contributed by atoms with Crippen molar-refractivity contribution in [2.75, 3.05) is 12.4 Å². The third kappa shape index (κ3) is 4.13. The summed E-state index contributed by atoms with van der Waals surface area (Å²) in [4.78, 5) is 11.7. The molecule has 0 aliphatic heterocycles. The third-order valence-electron chi connectivity index (χ3n) is 2.94. The highest BCUT2D eigenvalue weighted by Crippen LogP contribution is 2.24. The molecule has 1 amide bonds. The van der Waals surface area contributed by atoms with E-state index in [9.17, 15) is 4.79 Å². The molecule has 2 aromatic carbocycles. The lowest BCUT2D eigenvalue weighted by atomic mass is 10.1. The lowest BCUT2D eigenvalue weighted by molar-refractivity contribution is 0.0963. The zero-order valence-electron chi connectivity index (χ0n) is 11.2. The van der Waals surface area contributed by atoms with Crippen molar-refractivity contribution >= 4 is 50.7 Å². The van der Waals surface area contributed by atoms with Gasteiger partial charge in [0.1, 0.15) is 0 Å². The summed E-state index contributed by atoms with van der Waals surface area (Å²) in [6, 6.07) is 10.9. The highest BCUT2D eigenvalue weighted by Gasteiger charge is 2.09. The van der Waals surface area contributed by atoms with E-state index >= 15 is 0 Å². The molecule has 2 aromatic rings. The van der Waals surface area contributed by atoms with Crippen LogP contribution in [0.5, 0.6) is 0 Å². The topological polar surface area (TPSA) is 41.1 Å². The van der Waals surface area contributed by atoms with Gasteiger partial charge in [-0.05, 0) is 35.9 Å². The Morgan fingerprint density at radius 3 is 2.57 bits per heavy atom. The molecule has 0 unspecified atom stereocenters. The van der Waals surface area contributed by atoms with Gasteiger partial charge in [-0.2, -0.15) is 0 Å². The summed E-state index contributed by atoms with van der Waals surface area (Å²) in [5.41, 5.74) is 2.21. The first-order valence-electron chi connectivity index (χ1n) is 6.20. The summed E-state index contributed by atoms with van der Waals surface area (Å²) in [6.45, 7) is 0.556. The minimum absolute atomic E-state index is 0.217. The summed E-state index contributed by atoms with van der Waals surface area (Å²) in [5, 5.41) is 6.89. The van der Waals surface area contributed by atoms with Crippen LogP contribution in [0.3, 0.4) is 0 Å². The standard InChI is InChI=1S/C15H13BrCl2N2O/c1-19-15(21)12-7-11(4-5-13(12)17)20-8-9-2-3-10(16)6-14(9)18/h2-7,20H,8H2,1H3,(H,19,21). The summed E-state index contributed by atoms with van der Waals surface area (Å²) in [6.07, 6.45) is 0. The molecular formula is C15H13BrCl2N2O. The molecule has 2 N–H and O–H groups in total. The molecule has 0 fully saturated rings. The highest BCUT2D eigenvalue weighted by atomic mass is 79.9. The van der Waals surface area contributed by atoms with E-state index < -0.39 is 0 Å². The molecule has 0 radical (unpaired) electrons. The van der Waals surface area contributed by atoms with Gasteiger partial charge in [-0.25, -0.2) is 0 Å². The molecule has 0 atom stereocenters. The van der Waals surface area contributed by atoms with Gasteiger partial charge in [-0.1, -0.05) is 45.2 Å². The van der Waals surface area contributed by atoms with E-state index in [4.69, 9.17) is 23.2 Å². The summed E-state index contributed by atoms with van der Waals surface area (Å²) in [5.74, 6) is -0.217. The number of carbonyl (C=O) groups excluding carboxylic acids is 1. The SMILES string of the molecule is CNC(=O)c1cc(NCc2ccc(Br)cc2Cl)ccc1Cl. The zero-order valence-corrected chi connectivity index (χ0v) is 14.3. The second kappa shape index (κ2) is 7.16. The Morgan fingerprint density at radius 2 is 1.90 bits per heavy atom. The van der Waals surface area contributed by atoms with Gasteiger partial charge < -0.3 is 10.6 Å². The Balaban J connectivity index is 2.15. The molecule has 0 saturated heterocycles. The van der Waals surface area contributed by atoms with Crippen LogP contribution in [0, 0.1) is 0 Å². The monoisotopic (exact) mass is 386 g/mol. The molecule has 0 aromatic heterocycles. The lowest BCUT2D eigenvalue weighted by Crippen LogP contribution is -2.18. The van der Waals surface area contributed by atoms with E-state index in [1.165, 1.54) is 0 Å². The van der Waals surface area contributed by atoms with E-state index in [0.29, 0.717) is 22.2 Å². The van der Waals surface area contributed by atoms with Gasteiger partial charge in [0.2, 0.25) is 0 Å². The average molecular weight is 388 g/mol. The van der Waals surface area contributed by atoms with Gasteiger partial charge in [0.05, 0.1) is 10.6 Å². The Morgan fingerprint density at radius 1 is 1.14 bits per heavy atom. The fourth-order valence-corrected chi connectivity index (χ4v) is 2.75. The van der Waals surface area contributed by atoms with Crippen molar-refractivity contribution in [3.63, 3.8) is 0 Å². The minimum atomic E-state index is -0.217. The Kier molecular flexibility index (Phi) is 5.51. The predicted octanol–water partition coefficient (Wildman–Crippen LogP) is 4.73. The first kappa shape index (κ1) is 16.1. The van der Waals surface area contributed by atoms with Crippen molar-refractivity contribution in [1.29, 1.82) is 0 Å². The summed E-state index contributed by atoms with van der Waals surface area (Å²) >= 11 is 15.6. The molecule has 0 spiro atoms. The van der Waals surface area contributed by atoms with E-state index in [-0.39, 0.29) is 5.91 Å². The quantitative estimate of drug-likeness (QED) is 0.796. The molecule has 6 heteroatoms. The second-order valence-electron chi connectivity index (χ2n) is 4.36. The average Bonchev–Trinajstić information content (AvgIpc) is 2.47. The van der Waals surface area contributed by atoms with Crippen molar-refractivity contribution in [2.45, 2.75) is 6.54 Å². The van der Waals surface area contributed by atoms with Gasteiger partial charge in [-0.3, -0.25) is 4.79 Å². The number of hydrogen-bond donors (Lipinski definition) is 2. The van der Waals surface area contributed by atoms with Crippen LogP contribution in [-0.4, -0.2) is 13.0 Å². The van der Waals surface area contributed by atoms with E-state index in [1.54, 1.807) is 19.2 Å². The highest BCUT2D eigenvalue weighted by molar-refractivity contribution is 9.10. The Hall–Kier alpha value is -1.23. The number of halogens is 3. The zero-order chi connectivity index (χ0) is 15.4. The largest absolute Gasteiger partial charge is 0.381 e. The number of rotatable bonds is 4. The van der Waals surface area contributed by atoms with Crippen LogP contribution in [0.2, 0.25) is 10.0 Å². The number of benzene rings is 2. The molecule has 0 heterocycles. The minimum Gasteiger partial charge on any atom is -0.381 e. The van der Waals surface area contributed by atoms with E-state index in [2.05, 4.69) is 26.6 Å². The van der Waals surface area contributed by atoms with Crippen molar-refractivity contribution in [3.05, 3.63) is 62.0 Å². The molecular weight excluding hydrogens is 375 g/mol.